The molecule has 0 unspecified atom stereocenters. The number of hydrogen-bond donors (Lipinski definition) is 1. The van der Waals surface area contributed by atoms with E-state index in [1.807, 2.05) is 30.3 Å². The zero-order chi connectivity index (χ0) is 46.6. The van der Waals surface area contributed by atoms with E-state index in [4.69, 9.17) is 43.0 Å². The number of carbonyl (C=O) groups excluding carboxylic acids is 2. The summed E-state index contributed by atoms with van der Waals surface area (Å²) in [6, 6.07) is 33.1. The highest BCUT2D eigenvalue weighted by molar-refractivity contribution is 5.97. The Morgan fingerprint density at radius 3 is 1.58 bits per heavy atom. The molecule has 11 nitrogen and oxygen atoms in total. The summed E-state index contributed by atoms with van der Waals surface area (Å²) >= 11 is 0. The first-order valence-corrected chi connectivity index (χ1v) is 22.4. The maximum absolute atomic E-state index is 13.7. The molecule has 0 amide bonds. The van der Waals surface area contributed by atoms with Crippen LogP contribution in [0.2, 0.25) is 0 Å². The molecule has 0 aliphatic heterocycles. The molecule has 0 bridgehead atoms. The van der Waals surface area contributed by atoms with Crippen LogP contribution in [0.25, 0.3) is 11.1 Å². The molecule has 0 atom stereocenters. The Bertz CT molecular complexity index is 2230. The summed E-state index contributed by atoms with van der Waals surface area (Å²) in [5, 5.41) is 8.85. The normalized spacial score (nSPS) is 12.2. The third kappa shape index (κ3) is 13.7. The van der Waals surface area contributed by atoms with Crippen LogP contribution in [0.15, 0.2) is 97.1 Å². The molecule has 0 saturated heterocycles. The first kappa shape index (κ1) is 50.8. The maximum atomic E-state index is 13.7. The highest BCUT2D eigenvalue weighted by Gasteiger charge is 2.47. The minimum absolute atomic E-state index is 0.0279. The number of ketones is 1. The van der Waals surface area contributed by atoms with Crippen LogP contribution < -0.4 is 4.74 Å². The minimum atomic E-state index is -0.913. The van der Waals surface area contributed by atoms with E-state index >= 15 is 0 Å². The Morgan fingerprint density at radius 2 is 1.06 bits per heavy atom. The number of benzene rings is 5. The third-order valence-electron chi connectivity index (χ3n) is 11.0. The van der Waals surface area contributed by atoms with Gasteiger partial charge in [-0.05, 0) is 98.7 Å². The average Bonchev–Trinajstić information content (AvgIpc) is 3.57. The molecule has 0 aromatic heterocycles. The Balaban J connectivity index is 0.000000893. The molecule has 0 spiro atoms. The number of hydrogen-bond acceptors (Lipinski definition) is 11. The van der Waals surface area contributed by atoms with Crippen molar-refractivity contribution >= 4 is 11.8 Å². The van der Waals surface area contributed by atoms with E-state index in [0.29, 0.717) is 76.3 Å². The molecular weight excluding hydrogens is 825 g/mol. The Hall–Kier alpha value is -5.24. The van der Waals surface area contributed by atoms with Crippen molar-refractivity contribution in [3.8, 4) is 16.9 Å². The van der Waals surface area contributed by atoms with E-state index in [2.05, 4.69) is 94.4 Å². The Kier molecular flexibility index (Phi) is 20.3. The van der Waals surface area contributed by atoms with E-state index in [1.165, 1.54) is 11.1 Å². The van der Waals surface area contributed by atoms with Crippen molar-refractivity contribution in [3.05, 3.63) is 158 Å². The van der Waals surface area contributed by atoms with Crippen LogP contribution in [0.1, 0.15) is 84.6 Å². The third-order valence-corrected chi connectivity index (χ3v) is 11.0. The Morgan fingerprint density at radius 1 is 0.554 bits per heavy atom. The van der Waals surface area contributed by atoms with Gasteiger partial charge in [-0.25, -0.2) is 4.79 Å². The van der Waals surface area contributed by atoms with Gasteiger partial charge in [0.2, 0.25) is 0 Å². The molecule has 5 aromatic carbocycles. The summed E-state index contributed by atoms with van der Waals surface area (Å²) in [5.41, 5.74) is 11.5. The smallest absolute Gasteiger partial charge is 0.341 e. The highest BCUT2D eigenvalue weighted by Crippen LogP contribution is 2.57. The van der Waals surface area contributed by atoms with Crippen molar-refractivity contribution in [3.63, 3.8) is 0 Å². The number of esters is 1. The van der Waals surface area contributed by atoms with Gasteiger partial charge < -0.3 is 43.0 Å². The second-order valence-electron chi connectivity index (χ2n) is 15.9. The van der Waals surface area contributed by atoms with Crippen molar-refractivity contribution in [2.45, 2.75) is 53.6 Å². The number of rotatable bonds is 25. The largest absolute Gasteiger partial charge is 0.490 e. The molecule has 65 heavy (non-hydrogen) atoms. The molecule has 0 heterocycles. The minimum Gasteiger partial charge on any atom is -0.490 e. The molecule has 11 heteroatoms. The van der Waals surface area contributed by atoms with Gasteiger partial charge in [0.25, 0.3) is 0 Å². The van der Waals surface area contributed by atoms with Crippen LogP contribution in [0.5, 0.6) is 5.75 Å². The first-order valence-electron chi connectivity index (χ1n) is 22.4. The molecule has 0 radical (unpaired) electrons. The van der Waals surface area contributed by atoms with Crippen molar-refractivity contribution < 1.29 is 52.6 Å². The quantitative estimate of drug-likeness (QED) is 0.0336. The van der Waals surface area contributed by atoms with Crippen molar-refractivity contribution in [1.82, 2.24) is 0 Å². The van der Waals surface area contributed by atoms with Crippen molar-refractivity contribution in [1.29, 1.82) is 0 Å². The van der Waals surface area contributed by atoms with Crippen LogP contribution in [0.3, 0.4) is 0 Å². The first-order chi connectivity index (χ1) is 31.5. The number of fused-ring (bicyclic) bond motifs is 3. The summed E-state index contributed by atoms with van der Waals surface area (Å²) in [7, 11) is 1.63. The van der Waals surface area contributed by atoms with E-state index in [1.54, 1.807) is 21.0 Å². The molecule has 5 aromatic rings. The number of aryl methyl sites for hydroxylation is 4. The Labute approximate surface area is 384 Å². The van der Waals surface area contributed by atoms with Crippen LogP contribution in [-0.4, -0.2) is 110 Å². The van der Waals surface area contributed by atoms with Gasteiger partial charge in [-0.2, -0.15) is 0 Å². The van der Waals surface area contributed by atoms with Gasteiger partial charge in [-0.3, -0.25) is 4.79 Å². The van der Waals surface area contributed by atoms with E-state index in [9.17, 15) is 9.59 Å². The fourth-order valence-corrected chi connectivity index (χ4v) is 8.03. The number of carbonyl (C=O) groups is 2. The molecular formula is C54H66O11. The van der Waals surface area contributed by atoms with Crippen LogP contribution in [-0.2, 0) is 45.2 Å². The van der Waals surface area contributed by atoms with Gasteiger partial charge in [0.1, 0.15) is 17.9 Å². The summed E-state index contributed by atoms with van der Waals surface area (Å²) in [4.78, 5) is 27.1. The summed E-state index contributed by atoms with van der Waals surface area (Å²) in [6.07, 6.45) is 0. The molecule has 0 fully saturated rings. The summed E-state index contributed by atoms with van der Waals surface area (Å²) in [5.74, 6) is -0.199. The van der Waals surface area contributed by atoms with Crippen LogP contribution in [0, 0.1) is 27.7 Å². The van der Waals surface area contributed by atoms with E-state index in [-0.39, 0.29) is 38.8 Å². The monoisotopic (exact) mass is 890 g/mol. The molecule has 1 aliphatic carbocycles. The zero-order valence-electron chi connectivity index (χ0n) is 39.2. The predicted molar refractivity (Wildman–Crippen MR) is 252 cm³/mol. The summed E-state index contributed by atoms with van der Waals surface area (Å²) < 4.78 is 44.7. The van der Waals surface area contributed by atoms with E-state index in [0.717, 1.165) is 50.1 Å². The van der Waals surface area contributed by atoms with Crippen LogP contribution >= 0.6 is 0 Å². The second-order valence-corrected chi connectivity index (χ2v) is 15.9. The standard InChI is InChI=1S/C46H56O11.C8H10/c1-6-56-45(49)41-30-37(11-14-44(41)57-26-25-54-22-21-52-18-17-50-5)46(42-27-32(2)7-12-38(42)39-13-8-33(3)28-43(39)46)36-10-9-35(40(29-36)34(4)48)31-55-24-23-53-20-19-51-16-15-47;1-7-4-3-5-8(2)6-7/h7-14,27-30,47H,6,15-26,31H2,1-5H3;3-6H,1-2H3. The van der Waals surface area contributed by atoms with Crippen molar-refractivity contribution in [2.75, 3.05) is 93.0 Å². The lowest BCUT2D eigenvalue weighted by Crippen LogP contribution is -2.30. The SMILES string of the molecule is CCOC(=O)c1cc(C2(c3ccc(COCCOCCOCCO)c(C(C)=O)c3)c3cc(C)ccc3-c3ccc(C)cc32)ccc1OCCOCCOCCOC.Cc1cccc(C)c1. The summed E-state index contributed by atoms with van der Waals surface area (Å²) in [6.45, 7) is 16.2. The molecule has 0 saturated carbocycles. The van der Waals surface area contributed by atoms with Gasteiger partial charge in [0.05, 0.1) is 91.3 Å². The fourth-order valence-electron chi connectivity index (χ4n) is 8.03. The fraction of sp³-hybridized carbons (Fsp3) is 0.407. The molecule has 6 rings (SSSR count). The topological polar surface area (TPSA) is 128 Å². The number of aliphatic hydroxyl groups is 1. The van der Waals surface area contributed by atoms with Gasteiger partial charge >= 0.3 is 5.97 Å². The average molecular weight is 891 g/mol. The van der Waals surface area contributed by atoms with Gasteiger partial charge in [-0.15, -0.1) is 0 Å². The molecule has 348 valence electrons. The van der Waals surface area contributed by atoms with Gasteiger partial charge in [0, 0.05) is 12.7 Å². The van der Waals surface area contributed by atoms with Gasteiger partial charge in [0.15, 0.2) is 5.78 Å². The number of Topliss-reactive ketones (excluding diaryl/α,β-unsaturated/α-hetero) is 1. The zero-order valence-corrected chi connectivity index (χ0v) is 39.2. The van der Waals surface area contributed by atoms with E-state index < -0.39 is 11.4 Å². The molecule has 1 N–H and O–H groups in total. The predicted octanol–water partition coefficient (Wildman–Crippen LogP) is 8.95. The number of aliphatic hydroxyl groups excluding tert-OH is 1. The molecule has 1 aliphatic rings. The number of ether oxygens (including phenoxy) is 8. The highest BCUT2D eigenvalue weighted by atomic mass is 16.6. The lowest BCUT2D eigenvalue weighted by atomic mass is 9.66. The second kappa shape index (κ2) is 26.0. The van der Waals surface area contributed by atoms with Crippen LogP contribution in [0.4, 0.5) is 0 Å². The number of methoxy groups -OCH3 is 1. The van der Waals surface area contributed by atoms with Crippen molar-refractivity contribution in [2.24, 2.45) is 0 Å². The maximum Gasteiger partial charge on any atom is 0.341 e. The lowest BCUT2D eigenvalue weighted by molar-refractivity contribution is 0.00443. The van der Waals surface area contributed by atoms with Gasteiger partial charge in [-0.1, -0.05) is 101 Å². The lowest BCUT2D eigenvalue weighted by Gasteiger charge is -2.35.